The Balaban J connectivity index is 2.81. The summed E-state index contributed by atoms with van der Waals surface area (Å²) in [5, 5.41) is 1.08. The molecule has 0 unspecified atom stereocenters. The SMILES string of the molecule is O=Cc1cc2ccc(Br)c(F)c2cn1. The van der Waals surface area contributed by atoms with Crippen LogP contribution in [-0.4, -0.2) is 11.3 Å². The number of hydrogen-bond donors (Lipinski definition) is 0. The maximum atomic E-state index is 13.5. The van der Waals surface area contributed by atoms with Crippen LogP contribution in [0.25, 0.3) is 10.8 Å². The highest BCUT2D eigenvalue weighted by atomic mass is 79.9. The predicted octanol–water partition coefficient (Wildman–Crippen LogP) is 2.95. The fourth-order valence-corrected chi connectivity index (χ4v) is 1.58. The maximum Gasteiger partial charge on any atom is 0.168 e. The normalized spacial score (nSPS) is 10.4. The summed E-state index contributed by atoms with van der Waals surface area (Å²) in [6, 6.07) is 4.89. The first-order valence-corrected chi connectivity index (χ1v) is 4.70. The molecule has 2 rings (SSSR count). The zero-order chi connectivity index (χ0) is 10.1. The molecule has 0 N–H and O–H groups in total. The van der Waals surface area contributed by atoms with Gasteiger partial charge >= 0.3 is 0 Å². The molecule has 0 atom stereocenters. The summed E-state index contributed by atoms with van der Waals surface area (Å²) in [6.07, 6.45) is 2.00. The summed E-state index contributed by atoms with van der Waals surface area (Å²) in [7, 11) is 0. The number of nitrogens with zero attached hydrogens (tertiary/aromatic N) is 1. The largest absolute Gasteiger partial charge is 0.296 e. The van der Waals surface area contributed by atoms with E-state index in [1.807, 2.05) is 0 Å². The van der Waals surface area contributed by atoms with Crippen molar-refractivity contribution in [3.63, 3.8) is 0 Å². The van der Waals surface area contributed by atoms with Gasteiger partial charge < -0.3 is 0 Å². The second-order valence-corrected chi connectivity index (χ2v) is 3.66. The molecule has 1 aromatic carbocycles. The molecule has 2 aromatic rings. The van der Waals surface area contributed by atoms with E-state index >= 15 is 0 Å². The Kier molecular flexibility index (Phi) is 2.29. The van der Waals surface area contributed by atoms with E-state index in [-0.39, 0.29) is 5.82 Å². The molecule has 0 radical (unpaired) electrons. The Bertz CT molecular complexity index is 513. The van der Waals surface area contributed by atoms with Crippen molar-refractivity contribution in [1.82, 2.24) is 4.98 Å². The first-order valence-electron chi connectivity index (χ1n) is 3.91. The Labute approximate surface area is 87.9 Å². The molecule has 0 aliphatic carbocycles. The lowest BCUT2D eigenvalue weighted by Crippen LogP contribution is -1.88. The molecule has 0 spiro atoms. The zero-order valence-electron chi connectivity index (χ0n) is 7.00. The first-order chi connectivity index (χ1) is 6.72. The minimum Gasteiger partial charge on any atom is -0.296 e. The van der Waals surface area contributed by atoms with Gasteiger partial charge in [-0.15, -0.1) is 0 Å². The number of pyridine rings is 1. The monoisotopic (exact) mass is 253 g/mol. The third-order valence-electron chi connectivity index (χ3n) is 1.93. The fourth-order valence-electron chi connectivity index (χ4n) is 1.24. The van der Waals surface area contributed by atoms with Crippen molar-refractivity contribution in [3.05, 3.63) is 40.4 Å². The Morgan fingerprint density at radius 1 is 1.43 bits per heavy atom. The molecule has 0 saturated heterocycles. The van der Waals surface area contributed by atoms with Crippen molar-refractivity contribution in [3.8, 4) is 0 Å². The van der Waals surface area contributed by atoms with Crippen LogP contribution in [-0.2, 0) is 0 Å². The number of carbonyl (C=O) groups is 1. The molecule has 0 saturated carbocycles. The van der Waals surface area contributed by atoms with E-state index in [0.29, 0.717) is 27.2 Å². The number of aromatic nitrogens is 1. The number of carbonyl (C=O) groups excluding carboxylic acids is 1. The predicted molar refractivity (Wildman–Crippen MR) is 54.8 cm³/mol. The summed E-state index contributed by atoms with van der Waals surface area (Å²) in [5.41, 5.74) is 0.305. The van der Waals surface area contributed by atoms with Gasteiger partial charge in [-0.3, -0.25) is 9.78 Å². The summed E-state index contributed by atoms with van der Waals surface area (Å²) in [5.74, 6) is -0.354. The summed E-state index contributed by atoms with van der Waals surface area (Å²) >= 11 is 3.08. The Hall–Kier alpha value is -1.29. The van der Waals surface area contributed by atoms with Crippen LogP contribution in [0.1, 0.15) is 10.5 Å². The van der Waals surface area contributed by atoms with Gasteiger partial charge in [-0.25, -0.2) is 4.39 Å². The van der Waals surface area contributed by atoms with Crippen molar-refractivity contribution in [2.24, 2.45) is 0 Å². The third-order valence-corrected chi connectivity index (χ3v) is 2.55. The van der Waals surface area contributed by atoms with Gasteiger partial charge in [0.15, 0.2) is 6.29 Å². The van der Waals surface area contributed by atoms with Gasteiger partial charge in [-0.1, -0.05) is 6.07 Å². The fraction of sp³-hybridized carbons (Fsp3) is 0. The van der Waals surface area contributed by atoms with Crippen molar-refractivity contribution in [2.75, 3.05) is 0 Å². The quantitative estimate of drug-likeness (QED) is 0.732. The van der Waals surface area contributed by atoms with E-state index in [1.165, 1.54) is 6.20 Å². The average molecular weight is 254 g/mol. The third kappa shape index (κ3) is 1.42. The van der Waals surface area contributed by atoms with Gasteiger partial charge in [0, 0.05) is 11.6 Å². The maximum absolute atomic E-state index is 13.5. The highest BCUT2D eigenvalue weighted by molar-refractivity contribution is 9.10. The molecule has 70 valence electrons. The minimum atomic E-state index is -0.354. The molecule has 1 aromatic heterocycles. The van der Waals surface area contributed by atoms with Crippen LogP contribution in [0.4, 0.5) is 4.39 Å². The van der Waals surface area contributed by atoms with E-state index < -0.39 is 0 Å². The van der Waals surface area contributed by atoms with Gasteiger partial charge in [0.25, 0.3) is 0 Å². The van der Waals surface area contributed by atoms with Gasteiger partial charge in [-0.2, -0.15) is 0 Å². The molecule has 0 fully saturated rings. The first kappa shape index (κ1) is 9.27. The van der Waals surface area contributed by atoms with Gasteiger partial charge in [0.2, 0.25) is 0 Å². The Morgan fingerprint density at radius 2 is 2.21 bits per heavy atom. The van der Waals surface area contributed by atoms with Gasteiger partial charge in [0.1, 0.15) is 11.5 Å². The zero-order valence-corrected chi connectivity index (χ0v) is 8.58. The van der Waals surface area contributed by atoms with Crippen LogP contribution in [0, 0.1) is 5.82 Å². The van der Waals surface area contributed by atoms with Crippen LogP contribution in [0.5, 0.6) is 0 Å². The number of halogens is 2. The summed E-state index contributed by atoms with van der Waals surface area (Å²) in [6.45, 7) is 0. The molecular formula is C10H5BrFNO. The van der Waals surface area contributed by atoms with Crippen molar-refractivity contribution < 1.29 is 9.18 Å². The molecule has 0 aliphatic heterocycles. The number of aldehydes is 1. The number of benzene rings is 1. The van der Waals surface area contributed by atoms with Crippen LogP contribution in [0.3, 0.4) is 0 Å². The van der Waals surface area contributed by atoms with E-state index in [1.54, 1.807) is 18.2 Å². The number of rotatable bonds is 1. The van der Waals surface area contributed by atoms with Crippen molar-refractivity contribution in [2.45, 2.75) is 0 Å². The van der Waals surface area contributed by atoms with Crippen LogP contribution in [0.2, 0.25) is 0 Å². The number of fused-ring (bicyclic) bond motifs is 1. The van der Waals surface area contributed by atoms with Crippen LogP contribution < -0.4 is 0 Å². The smallest absolute Gasteiger partial charge is 0.168 e. The highest BCUT2D eigenvalue weighted by Crippen LogP contribution is 2.24. The van der Waals surface area contributed by atoms with E-state index in [9.17, 15) is 9.18 Å². The molecular weight excluding hydrogens is 249 g/mol. The van der Waals surface area contributed by atoms with E-state index in [0.717, 1.165) is 0 Å². The lowest BCUT2D eigenvalue weighted by atomic mass is 10.1. The number of hydrogen-bond acceptors (Lipinski definition) is 2. The lowest BCUT2D eigenvalue weighted by Gasteiger charge is -2.00. The second kappa shape index (κ2) is 3.46. The second-order valence-electron chi connectivity index (χ2n) is 2.81. The average Bonchev–Trinajstić information content (AvgIpc) is 2.23. The highest BCUT2D eigenvalue weighted by Gasteiger charge is 2.05. The molecule has 0 aliphatic rings. The summed E-state index contributed by atoms with van der Waals surface area (Å²) in [4.78, 5) is 14.2. The molecule has 4 heteroatoms. The van der Waals surface area contributed by atoms with E-state index in [2.05, 4.69) is 20.9 Å². The van der Waals surface area contributed by atoms with Crippen LogP contribution >= 0.6 is 15.9 Å². The lowest BCUT2D eigenvalue weighted by molar-refractivity contribution is 0.111. The summed E-state index contributed by atoms with van der Waals surface area (Å²) < 4.78 is 13.9. The Morgan fingerprint density at radius 3 is 2.93 bits per heavy atom. The molecule has 2 nitrogen and oxygen atoms in total. The van der Waals surface area contributed by atoms with E-state index in [4.69, 9.17) is 0 Å². The molecule has 14 heavy (non-hydrogen) atoms. The van der Waals surface area contributed by atoms with Gasteiger partial charge in [-0.05, 0) is 33.4 Å². The molecule has 0 amide bonds. The molecule has 0 bridgehead atoms. The van der Waals surface area contributed by atoms with Crippen molar-refractivity contribution in [1.29, 1.82) is 0 Å². The topological polar surface area (TPSA) is 30.0 Å². The van der Waals surface area contributed by atoms with Gasteiger partial charge in [0.05, 0.1) is 4.47 Å². The van der Waals surface area contributed by atoms with Crippen LogP contribution in [0.15, 0.2) is 28.9 Å². The minimum absolute atomic E-state index is 0.305. The standard InChI is InChI=1S/C10H5BrFNO/c11-9-2-1-6-3-7(5-14)13-4-8(6)10(9)12/h1-5H. The van der Waals surface area contributed by atoms with Crippen molar-refractivity contribution >= 4 is 33.0 Å². The molecule has 1 heterocycles.